The van der Waals surface area contributed by atoms with Gasteiger partial charge in [-0.1, -0.05) is 23.4 Å². The zero-order chi connectivity index (χ0) is 16.5. The molecule has 0 aliphatic rings. The van der Waals surface area contributed by atoms with E-state index in [4.69, 9.17) is 9.26 Å². The molecular weight excluding hydrogens is 322 g/mol. The Balaban J connectivity index is 1.85. The summed E-state index contributed by atoms with van der Waals surface area (Å²) in [7, 11) is 0. The summed E-state index contributed by atoms with van der Waals surface area (Å²) in [5.41, 5.74) is 2.79. The van der Waals surface area contributed by atoms with Crippen molar-refractivity contribution in [1.29, 1.82) is 0 Å². The van der Waals surface area contributed by atoms with Crippen LogP contribution in [0.4, 0.5) is 0 Å². The maximum atomic E-state index is 5.71. The Hall–Kier alpha value is -2.73. The molecule has 1 aromatic carbocycles. The van der Waals surface area contributed by atoms with Crippen molar-refractivity contribution in [2.75, 3.05) is 6.61 Å². The molecule has 3 heterocycles. The van der Waals surface area contributed by atoms with Crippen molar-refractivity contribution in [2.24, 2.45) is 0 Å². The average molecular weight is 337 g/mol. The SMILES string of the molecule is CCOc1nc2cc(C)ccc2cc1-c1noc(-c2cccs2)n1. The van der Waals surface area contributed by atoms with Crippen molar-refractivity contribution in [3.8, 4) is 28.0 Å². The Kier molecular flexibility index (Phi) is 3.74. The summed E-state index contributed by atoms with van der Waals surface area (Å²) in [6.07, 6.45) is 0. The van der Waals surface area contributed by atoms with Gasteiger partial charge < -0.3 is 9.26 Å². The van der Waals surface area contributed by atoms with Gasteiger partial charge in [-0.2, -0.15) is 4.98 Å². The molecular formula is C18H15N3O2S. The van der Waals surface area contributed by atoms with Crippen LogP contribution in [-0.2, 0) is 0 Å². The lowest BCUT2D eigenvalue weighted by Gasteiger charge is -2.08. The van der Waals surface area contributed by atoms with E-state index in [0.717, 1.165) is 26.9 Å². The minimum Gasteiger partial charge on any atom is -0.477 e. The van der Waals surface area contributed by atoms with Gasteiger partial charge in [-0.05, 0) is 43.0 Å². The lowest BCUT2D eigenvalue weighted by Crippen LogP contribution is -1.98. The summed E-state index contributed by atoms with van der Waals surface area (Å²) in [6, 6.07) is 12.0. The zero-order valence-corrected chi connectivity index (χ0v) is 14.1. The summed E-state index contributed by atoms with van der Waals surface area (Å²) >= 11 is 1.56. The highest BCUT2D eigenvalue weighted by Crippen LogP contribution is 2.32. The molecule has 3 aromatic heterocycles. The summed E-state index contributed by atoms with van der Waals surface area (Å²) in [6.45, 7) is 4.49. The molecule has 0 spiro atoms. The van der Waals surface area contributed by atoms with Crippen molar-refractivity contribution in [1.82, 2.24) is 15.1 Å². The smallest absolute Gasteiger partial charge is 0.268 e. The predicted octanol–water partition coefficient (Wildman–Crippen LogP) is 4.72. The van der Waals surface area contributed by atoms with Crippen molar-refractivity contribution >= 4 is 22.2 Å². The third kappa shape index (κ3) is 2.65. The monoisotopic (exact) mass is 337 g/mol. The third-order valence-corrected chi connectivity index (χ3v) is 4.48. The molecule has 24 heavy (non-hydrogen) atoms. The van der Waals surface area contributed by atoms with Gasteiger partial charge in [-0.25, -0.2) is 4.98 Å². The number of benzene rings is 1. The number of thiophene rings is 1. The Labute approximate surface area is 142 Å². The average Bonchev–Trinajstić information content (AvgIpc) is 3.26. The Morgan fingerprint density at radius 3 is 2.88 bits per heavy atom. The van der Waals surface area contributed by atoms with Crippen LogP contribution in [0.5, 0.6) is 5.88 Å². The van der Waals surface area contributed by atoms with Crippen LogP contribution in [0.25, 0.3) is 33.1 Å². The molecule has 0 atom stereocenters. The van der Waals surface area contributed by atoms with Gasteiger partial charge in [0.25, 0.3) is 5.89 Å². The standard InChI is InChI=1S/C18H15N3O2S/c1-3-22-17-13(10-12-7-6-11(2)9-14(12)19-17)16-20-18(23-21-16)15-5-4-8-24-15/h4-10H,3H2,1-2H3. The lowest BCUT2D eigenvalue weighted by molar-refractivity contribution is 0.329. The van der Waals surface area contributed by atoms with Gasteiger partial charge in [0.2, 0.25) is 11.7 Å². The second kappa shape index (κ2) is 6.05. The minimum atomic E-state index is 0.483. The molecule has 5 nitrogen and oxygen atoms in total. The minimum absolute atomic E-state index is 0.483. The van der Waals surface area contributed by atoms with Crippen molar-refractivity contribution < 1.29 is 9.26 Å². The van der Waals surface area contributed by atoms with Crippen LogP contribution in [0.2, 0.25) is 0 Å². The maximum Gasteiger partial charge on any atom is 0.268 e. The van der Waals surface area contributed by atoms with Gasteiger partial charge in [0.05, 0.1) is 22.6 Å². The van der Waals surface area contributed by atoms with E-state index in [1.165, 1.54) is 0 Å². The van der Waals surface area contributed by atoms with Crippen LogP contribution in [0.3, 0.4) is 0 Å². The molecule has 120 valence electrons. The second-order valence-electron chi connectivity index (χ2n) is 5.37. The van der Waals surface area contributed by atoms with E-state index in [9.17, 15) is 0 Å². The molecule has 0 saturated carbocycles. The lowest BCUT2D eigenvalue weighted by atomic mass is 10.1. The van der Waals surface area contributed by atoms with Gasteiger partial charge in [-0.3, -0.25) is 0 Å². The number of nitrogens with zero attached hydrogens (tertiary/aromatic N) is 3. The van der Waals surface area contributed by atoms with Gasteiger partial charge >= 0.3 is 0 Å². The first kappa shape index (κ1) is 14.8. The topological polar surface area (TPSA) is 61.0 Å². The molecule has 0 aliphatic heterocycles. The van der Waals surface area contributed by atoms with Crippen LogP contribution in [0.15, 0.2) is 46.3 Å². The van der Waals surface area contributed by atoms with Crippen LogP contribution in [-0.4, -0.2) is 21.7 Å². The Morgan fingerprint density at radius 2 is 2.08 bits per heavy atom. The predicted molar refractivity (Wildman–Crippen MR) is 94.3 cm³/mol. The van der Waals surface area contributed by atoms with Crippen molar-refractivity contribution in [3.05, 3.63) is 47.3 Å². The molecule has 0 bridgehead atoms. The summed E-state index contributed by atoms with van der Waals surface area (Å²) in [4.78, 5) is 10.1. The van der Waals surface area contributed by atoms with Gasteiger partial charge in [0.15, 0.2) is 0 Å². The second-order valence-corrected chi connectivity index (χ2v) is 6.32. The fourth-order valence-corrected chi connectivity index (χ4v) is 3.14. The van der Waals surface area contributed by atoms with Crippen molar-refractivity contribution in [3.63, 3.8) is 0 Å². The number of pyridine rings is 1. The van der Waals surface area contributed by atoms with Crippen LogP contribution in [0.1, 0.15) is 12.5 Å². The first-order valence-electron chi connectivity index (χ1n) is 7.67. The summed E-state index contributed by atoms with van der Waals surface area (Å²) in [5.74, 6) is 1.51. The first-order chi connectivity index (χ1) is 11.7. The van der Waals surface area contributed by atoms with E-state index in [1.807, 2.05) is 49.6 Å². The van der Waals surface area contributed by atoms with Crippen LogP contribution in [0, 0.1) is 6.92 Å². The number of hydrogen-bond donors (Lipinski definition) is 0. The van der Waals surface area contributed by atoms with E-state index in [2.05, 4.69) is 21.2 Å². The maximum absolute atomic E-state index is 5.71. The number of aromatic nitrogens is 3. The van der Waals surface area contributed by atoms with E-state index in [0.29, 0.717) is 24.2 Å². The number of rotatable bonds is 4. The largest absolute Gasteiger partial charge is 0.477 e. The molecule has 0 aliphatic carbocycles. The van der Waals surface area contributed by atoms with E-state index < -0.39 is 0 Å². The number of hydrogen-bond acceptors (Lipinski definition) is 6. The molecule has 4 aromatic rings. The van der Waals surface area contributed by atoms with Gasteiger partial charge in [0.1, 0.15) is 0 Å². The van der Waals surface area contributed by atoms with Gasteiger partial charge in [0, 0.05) is 5.39 Å². The number of fused-ring (bicyclic) bond motifs is 1. The fourth-order valence-electron chi connectivity index (χ4n) is 2.50. The molecule has 0 N–H and O–H groups in total. The molecule has 0 radical (unpaired) electrons. The zero-order valence-electron chi connectivity index (χ0n) is 13.3. The Bertz CT molecular complexity index is 993. The quantitative estimate of drug-likeness (QED) is 0.539. The highest BCUT2D eigenvalue weighted by atomic mass is 32.1. The molecule has 4 rings (SSSR count). The first-order valence-corrected chi connectivity index (χ1v) is 8.54. The normalized spacial score (nSPS) is 11.1. The van der Waals surface area contributed by atoms with Crippen molar-refractivity contribution in [2.45, 2.75) is 13.8 Å². The third-order valence-electron chi connectivity index (χ3n) is 3.62. The van der Waals surface area contributed by atoms with Crippen LogP contribution >= 0.6 is 11.3 Å². The van der Waals surface area contributed by atoms with E-state index >= 15 is 0 Å². The molecule has 0 amide bonds. The summed E-state index contributed by atoms with van der Waals surface area (Å²) in [5, 5.41) is 7.10. The van der Waals surface area contributed by atoms with E-state index in [1.54, 1.807) is 11.3 Å². The van der Waals surface area contributed by atoms with Gasteiger partial charge in [-0.15, -0.1) is 11.3 Å². The highest BCUT2D eigenvalue weighted by Gasteiger charge is 2.17. The highest BCUT2D eigenvalue weighted by molar-refractivity contribution is 7.13. The molecule has 0 saturated heterocycles. The summed E-state index contributed by atoms with van der Waals surface area (Å²) < 4.78 is 11.1. The Morgan fingerprint density at radius 1 is 1.17 bits per heavy atom. The van der Waals surface area contributed by atoms with Crippen LogP contribution < -0.4 is 4.74 Å². The number of ether oxygens (including phenoxy) is 1. The molecule has 0 unspecified atom stereocenters. The molecule has 0 fully saturated rings. The van der Waals surface area contributed by atoms with E-state index in [-0.39, 0.29) is 0 Å². The fraction of sp³-hybridized carbons (Fsp3) is 0.167. The molecule has 6 heteroatoms. The number of aryl methyl sites for hydroxylation is 1.